The van der Waals surface area contributed by atoms with Crippen molar-refractivity contribution in [2.45, 2.75) is 45.1 Å². The fourth-order valence-corrected chi connectivity index (χ4v) is 3.11. The molecule has 5 heteroatoms. The van der Waals surface area contributed by atoms with Crippen LogP contribution < -0.4 is 5.32 Å². The summed E-state index contributed by atoms with van der Waals surface area (Å²) in [6.45, 7) is 3.42. The molecule has 2 fully saturated rings. The van der Waals surface area contributed by atoms with Gasteiger partial charge in [-0.25, -0.2) is 0 Å². The molecule has 3 unspecified atom stereocenters. The SMILES string of the molecule is CC(=O)N1CCCC(C(=O)NCC2CCCC2O)C1. The Kier molecular flexibility index (Phi) is 4.80. The van der Waals surface area contributed by atoms with Gasteiger partial charge in [0.15, 0.2) is 0 Å². The van der Waals surface area contributed by atoms with Crippen molar-refractivity contribution in [2.24, 2.45) is 11.8 Å². The van der Waals surface area contributed by atoms with Crippen LogP contribution >= 0.6 is 0 Å². The van der Waals surface area contributed by atoms with Crippen molar-refractivity contribution in [1.82, 2.24) is 10.2 Å². The summed E-state index contributed by atoms with van der Waals surface area (Å²) in [5.41, 5.74) is 0. The molecular formula is C14H24N2O3. The lowest BCUT2D eigenvalue weighted by molar-refractivity contribution is -0.134. The van der Waals surface area contributed by atoms with Crippen LogP contribution in [0.4, 0.5) is 0 Å². The van der Waals surface area contributed by atoms with E-state index in [1.165, 1.54) is 0 Å². The Hall–Kier alpha value is -1.10. The van der Waals surface area contributed by atoms with Gasteiger partial charge in [-0.3, -0.25) is 9.59 Å². The van der Waals surface area contributed by atoms with Crippen molar-refractivity contribution in [3.05, 3.63) is 0 Å². The number of piperidine rings is 1. The molecule has 2 amide bonds. The zero-order valence-electron chi connectivity index (χ0n) is 11.6. The lowest BCUT2D eigenvalue weighted by Gasteiger charge is -2.31. The molecule has 1 aliphatic carbocycles. The minimum Gasteiger partial charge on any atom is -0.393 e. The number of carbonyl (C=O) groups excluding carboxylic acids is 2. The van der Waals surface area contributed by atoms with E-state index in [1.807, 2.05) is 0 Å². The number of hydrogen-bond acceptors (Lipinski definition) is 3. The van der Waals surface area contributed by atoms with Crippen LogP contribution in [0, 0.1) is 11.8 Å². The molecular weight excluding hydrogens is 244 g/mol. The second kappa shape index (κ2) is 6.37. The summed E-state index contributed by atoms with van der Waals surface area (Å²) in [7, 11) is 0. The van der Waals surface area contributed by atoms with E-state index >= 15 is 0 Å². The largest absolute Gasteiger partial charge is 0.393 e. The molecule has 1 saturated carbocycles. The Balaban J connectivity index is 1.77. The molecule has 0 spiro atoms. The van der Waals surface area contributed by atoms with Crippen LogP contribution in [0.5, 0.6) is 0 Å². The molecule has 2 N–H and O–H groups in total. The van der Waals surface area contributed by atoms with Gasteiger partial charge in [0.2, 0.25) is 11.8 Å². The summed E-state index contributed by atoms with van der Waals surface area (Å²) in [6, 6.07) is 0. The van der Waals surface area contributed by atoms with E-state index < -0.39 is 0 Å². The van der Waals surface area contributed by atoms with E-state index in [0.717, 1.165) is 38.6 Å². The minimum atomic E-state index is -0.264. The first kappa shape index (κ1) is 14.3. The molecule has 108 valence electrons. The van der Waals surface area contributed by atoms with Gasteiger partial charge in [-0.2, -0.15) is 0 Å². The van der Waals surface area contributed by atoms with Crippen molar-refractivity contribution in [3.8, 4) is 0 Å². The molecule has 0 aromatic rings. The normalized spacial score (nSPS) is 31.3. The summed E-state index contributed by atoms with van der Waals surface area (Å²) in [6.07, 6.45) is 4.36. The standard InChI is InChI=1S/C14H24N2O3/c1-10(17)16-7-3-5-12(9-16)14(19)15-8-11-4-2-6-13(11)18/h11-13,18H,2-9H2,1H3,(H,15,19). The van der Waals surface area contributed by atoms with E-state index in [1.54, 1.807) is 11.8 Å². The van der Waals surface area contributed by atoms with Gasteiger partial charge in [0.25, 0.3) is 0 Å². The van der Waals surface area contributed by atoms with E-state index in [-0.39, 0.29) is 29.8 Å². The quantitative estimate of drug-likeness (QED) is 0.784. The number of aliphatic hydroxyl groups excluding tert-OH is 1. The maximum atomic E-state index is 12.1. The van der Waals surface area contributed by atoms with Gasteiger partial charge in [-0.15, -0.1) is 0 Å². The van der Waals surface area contributed by atoms with Crippen molar-refractivity contribution in [3.63, 3.8) is 0 Å². The highest BCUT2D eigenvalue weighted by molar-refractivity contribution is 5.80. The first-order valence-corrected chi connectivity index (χ1v) is 7.29. The number of likely N-dealkylation sites (tertiary alicyclic amines) is 1. The lowest BCUT2D eigenvalue weighted by Crippen LogP contribution is -2.45. The molecule has 3 atom stereocenters. The number of rotatable bonds is 3. The third-order valence-corrected chi connectivity index (χ3v) is 4.39. The topological polar surface area (TPSA) is 69.6 Å². The van der Waals surface area contributed by atoms with Crippen molar-refractivity contribution < 1.29 is 14.7 Å². The monoisotopic (exact) mass is 268 g/mol. The molecule has 1 aliphatic heterocycles. The molecule has 2 rings (SSSR count). The van der Waals surface area contributed by atoms with E-state index in [4.69, 9.17) is 0 Å². The average molecular weight is 268 g/mol. The maximum Gasteiger partial charge on any atom is 0.224 e. The van der Waals surface area contributed by atoms with Crippen LogP contribution in [-0.2, 0) is 9.59 Å². The lowest BCUT2D eigenvalue weighted by atomic mass is 9.96. The summed E-state index contributed by atoms with van der Waals surface area (Å²) < 4.78 is 0. The fourth-order valence-electron chi connectivity index (χ4n) is 3.11. The molecule has 1 heterocycles. The zero-order valence-corrected chi connectivity index (χ0v) is 11.6. The molecule has 5 nitrogen and oxygen atoms in total. The van der Waals surface area contributed by atoms with Crippen LogP contribution in [-0.4, -0.2) is 47.6 Å². The van der Waals surface area contributed by atoms with E-state index in [2.05, 4.69) is 5.32 Å². The van der Waals surface area contributed by atoms with E-state index in [9.17, 15) is 14.7 Å². The number of nitrogens with zero attached hydrogens (tertiary/aromatic N) is 1. The summed E-state index contributed by atoms with van der Waals surface area (Å²) >= 11 is 0. The Morgan fingerprint density at radius 2 is 2.05 bits per heavy atom. The highest BCUT2D eigenvalue weighted by Gasteiger charge is 2.29. The molecule has 1 saturated heterocycles. The van der Waals surface area contributed by atoms with Crippen LogP contribution in [0.25, 0.3) is 0 Å². The Labute approximate surface area is 114 Å². The number of aliphatic hydroxyl groups is 1. The second-order valence-corrected chi connectivity index (χ2v) is 5.81. The van der Waals surface area contributed by atoms with Crippen LogP contribution in [0.2, 0.25) is 0 Å². The Morgan fingerprint density at radius 1 is 1.26 bits per heavy atom. The summed E-state index contributed by atoms with van der Waals surface area (Å²) in [5, 5.41) is 12.7. The Morgan fingerprint density at radius 3 is 2.68 bits per heavy atom. The highest BCUT2D eigenvalue weighted by atomic mass is 16.3. The van der Waals surface area contributed by atoms with E-state index in [0.29, 0.717) is 13.1 Å². The number of hydrogen-bond donors (Lipinski definition) is 2. The van der Waals surface area contributed by atoms with Crippen LogP contribution in [0.1, 0.15) is 39.0 Å². The van der Waals surface area contributed by atoms with Crippen LogP contribution in [0.3, 0.4) is 0 Å². The van der Waals surface area contributed by atoms with Gasteiger partial charge in [-0.05, 0) is 25.7 Å². The second-order valence-electron chi connectivity index (χ2n) is 5.81. The molecule has 19 heavy (non-hydrogen) atoms. The van der Waals surface area contributed by atoms with Gasteiger partial charge < -0.3 is 15.3 Å². The minimum absolute atomic E-state index is 0.0325. The number of amides is 2. The van der Waals surface area contributed by atoms with Gasteiger partial charge in [0, 0.05) is 32.5 Å². The summed E-state index contributed by atoms with van der Waals surface area (Å²) in [5.74, 6) is 0.196. The van der Waals surface area contributed by atoms with Crippen molar-refractivity contribution in [1.29, 1.82) is 0 Å². The molecule has 0 bridgehead atoms. The van der Waals surface area contributed by atoms with Crippen LogP contribution in [0.15, 0.2) is 0 Å². The maximum absolute atomic E-state index is 12.1. The number of nitrogens with one attached hydrogen (secondary N) is 1. The first-order chi connectivity index (χ1) is 9.08. The average Bonchev–Trinajstić information content (AvgIpc) is 2.81. The zero-order chi connectivity index (χ0) is 13.8. The van der Waals surface area contributed by atoms with Gasteiger partial charge in [0.1, 0.15) is 0 Å². The van der Waals surface area contributed by atoms with Crippen molar-refractivity contribution in [2.75, 3.05) is 19.6 Å². The number of carbonyl (C=O) groups is 2. The molecule has 0 aromatic heterocycles. The van der Waals surface area contributed by atoms with Gasteiger partial charge in [0.05, 0.1) is 12.0 Å². The molecule has 0 radical (unpaired) electrons. The Bertz CT molecular complexity index is 346. The molecule has 2 aliphatic rings. The smallest absolute Gasteiger partial charge is 0.224 e. The first-order valence-electron chi connectivity index (χ1n) is 7.29. The van der Waals surface area contributed by atoms with Gasteiger partial charge >= 0.3 is 0 Å². The molecule has 0 aromatic carbocycles. The third kappa shape index (κ3) is 3.69. The van der Waals surface area contributed by atoms with Gasteiger partial charge in [-0.1, -0.05) is 6.42 Å². The van der Waals surface area contributed by atoms with Crippen molar-refractivity contribution >= 4 is 11.8 Å². The third-order valence-electron chi connectivity index (χ3n) is 4.39. The predicted octanol–water partition coefficient (Wildman–Crippen LogP) is 0.522. The fraction of sp³-hybridized carbons (Fsp3) is 0.857. The summed E-state index contributed by atoms with van der Waals surface area (Å²) in [4.78, 5) is 25.2. The highest BCUT2D eigenvalue weighted by Crippen LogP contribution is 2.25. The predicted molar refractivity (Wildman–Crippen MR) is 71.3 cm³/mol.